The Morgan fingerprint density at radius 3 is 2.74 bits per heavy atom. The van der Waals surface area contributed by atoms with E-state index in [2.05, 4.69) is 36.3 Å². The van der Waals surface area contributed by atoms with Gasteiger partial charge in [0.2, 0.25) is 0 Å². The summed E-state index contributed by atoms with van der Waals surface area (Å²) in [6, 6.07) is 8.27. The molecule has 6 rings (SSSR count). The van der Waals surface area contributed by atoms with Gasteiger partial charge in [-0.2, -0.15) is 0 Å². The fourth-order valence-electron chi connectivity index (χ4n) is 8.28. The Morgan fingerprint density at radius 2 is 2.03 bits per heavy atom. The van der Waals surface area contributed by atoms with Crippen molar-refractivity contribution in [3.05, 3.63) is 47.2 Å². The van der Waals surface area contributed by atoms with Gasteiger partial charge in [0.15, 0.2) is 5.78 Å². The van der Waals surface area contributed by atoms with Crippen molar-refractivity contribution in [2.75, 3.05) is 6.54 Å². The van der Waals surface area contributed by atoms with Crippen molar-refractivity contribution in [2.24, 2.45) is 11.3 Å². The molecule has 1 aromatic heterocycles. The van der Waals surface area contributed by atoms with Gasteiger partial charge in [0.1, 0.15) is 17.8 Å². The second kappa shape index (κ2) is 8.16. The van der Waals surface area contributed by atoms with E-state index in [0.29, 0.717) is 31.4 Å². The highest BCUT2D eigenvalue weighted by atomic mass is 16.6. The number of para-hydroxylation sites is 1. The normalized spacial score (nSPS) is 38.1. The maximum absolute atomic E-state index is 13.3. The topological polar surface area (TPSA) is 121 Å². The standard InChI is InChI=1S/C30H38N2O6/c1-6-31-26(34)38-23-14-16-13-18-17-9-7-8-10-20(17)32-24(18)29(16,5)28(4)12-11-22-19(30(23,28)36)15-21(33)25(37-22)27(2,3)35/h7-10,15-16,22-23,25,32,35-36H,6,11-14H2,1-5H3,(H,31,34)/t16-,22+,23+,25+,28-,29-,30+/m1/s1. The quantitative estimate of drug-likeness (QED) is 0.488. The zero-order valence-corrected chi connectivity index (χ0v) is 22.8. The van der Waals surface area contributed by atoms with Gasteiger partial charge < -0.3 is 30.0 Å². The van der Waals surface area contributed by atoms with Gasteiger partial charge in [0, 0.05) is 34.0 Å². The molecule has 8 nitrogen and oxygen atoms in total. The Bertz CT molecular complexity index is 1360. The number of aromatic nitrogens is 1. The molecule has 0 radical (unpaired) electrons. The molecule has 1 aliphatic heterocycles. The van der Waals surface area contributed by atoms with Crippen molar-refractivity contribution in [1.82, 2.24) is 10.3 Å². The molecule has 204 valence electrons. The molecule has 3 aliphatic carbocycles. The summed E-state index contributed by atoms with van der Waals surface area (Å²) in [6.07, 6.45) is 0.866. The molecule has 0 unspecified atom stereocenters. The van der Waals surface area contributed by atoms with Crippen LogP contribution in [0.15, 0.2) is 35.9 Å². The maximum Gasteiger partial charge on any atom is 0.407 e. The number of rotatable bonds is 3. The number of benzene rings is 1. The van der Waals surface area contributed by atoms with Gasteiger partial charge in [0.05, 0.1) is 11.7 Å². The van der Waals surface area contributed by atoms with Crippen LogP contribution in [0.25, 0.3) is 10.9 Å². The number of H-pyrrole nitrogens is 1. The number of aromatic amines is 1. The predicted molar refractivity (Wildman–Crippen MR) is 142 cm³/mol. The average Bonchev–Trinajstić information content (AvgIpc) is 3.35. The van der Waals surface area contributed by atoms with Gasteiger partial charge in [-0.25, -0.2) is 4.79 Å². The van der Waals surface area contributed by atoms with Crippen LogP contribution in [0.2, 0.25) is 0 Å². The molecule has 1 aromatic carbocycles. The van der Waals surface area contributed by atoms with Crippen LogP contribution >= 0.6 is 0 Å². The fraction of sp³-hybridized carbons (Fsp3) is 0.600. The van der Waals surface area contributed by atoms with Gasteiger partial charge in [-0.3, -0.25) is 4.79 Å². The Labute approximate surface area is 222 Å². The SMILES string of the molecule is CCNC(=O)O[C@H]1C[C@H]2Cc3c([nH]c4ccccc34)[C@]2(C)[C@@]2(C)CC[C@@H]3O[C@H](C(C)(C)O)C(=O)C=C3[C@]12O. The van der Waals surface area contributed by atoms with Crippen molar-refractivity contribution < 1.29 is 29.3 Å². The number of amides is 1. The van der Waals surface area contributed by atoms with Crippen LogP contribution in [-0.4, -0.2) is 63.1 Å². The summed E-state index contributed by atoms with van der Waals surface area (Å²) in [5.74, 6) is -0.261. The average molecular weight is 523 g/mol. The first-order valence-corrected chi connectivity index (χ1v) is 13.8. The molecule has 0 spiro atoms. The number of carbonyl (C=O) groups excluding carboxylic acids is 2. The molecule has 38 heavy (non-hydrogen) atoms. The molecule has 0 bridgehead atoms. The lowest BCUT2D eigenvalue weighted by Crippen LogP contribution is -2.73. The van der Waals surface area contributed by atoms with E-state index in [4.69, 9.17) is 9.47 Å². The molecule has 0 saturated heterocycles. The first kappa shape index (κ1) is 25.6. The van der Waals surface area contributed by atoms with E-state index in [-0.39, 0.29) is 11.7 Å². The van der Waals surface area contributed by atoms with Gasteiger partial charge >= 0.3 is 6.09 Å². The number of fused-ring (bicyclic) bond motifs is 9. The van der Waals surface area contributed by atoms with E-state index in [9.17, 15) is 19.8 Å². The lowest BCUT2D eigenvalue weighted by Gasteiger charge is -2.66. The molecular weight excluding hydrogens is 484 g/mol. The summed E-state index contributed by atoms with van der Waals surface area (Å²) in [7, 11) is 0. The number of alkyl carbamates (subject to hydrolysis) is 1. The largest absolute Gasteiger partial charge is 0.443 e. The molecule has 2 fully saturated rings. The molecule has 7 atom stereocenters. The third-order valence-corrected chi connectivity index (χ3v) is 10.3. The van der Waals surface area contributed by atoms with E-state index in [1.165, 1.54) is 17.0 Å². The van der Waals surface area contributed by atoms with Crippen LogP contribution in [0.3, 0.4) is 0 Å². The molecule has 2 heterocycles. The summed E-state index contributed by atoms with van der Waals surface area (Å²) in [6.45, 7) is 9.63. The van der Waals surface area contributed by atoms with Crippen LogP contribution in [-0.2, 0) is 26.1 Å². The minimum Gasteiger partial charge on any atom is -0.443 e. The van der Waals surface area contributed by atoms with Gasteiger partial charge in [-0.15, -0.1) is 0 Å². The molecule has 2 aromatic rings. The maximum atomic E-state index is 13.3. The summed E-state index contributed by atoms with van der Waals surface area (Å²) < 4.78 is 12.2. The summed E-state index contributed by atoms with van der Waals surface area (Å²) >= 11 is 0. The van der Waals surface area contributed by atoms with Crippen LogP contribution < -0.4 is 5.32 Å². The smallest absolute Gasteiger partial charge is 0.407 e. The van der Waals surface area contributed by atoms with Crippen molar-refractivity contribution in [1.29, 1.82) is 0 Å². The Hall–Kier alpha value is -2.68. The molecule has 2 saturated carbocycles. The minimum absolute atomic E-state index is 0.125. The first-order valence-electron chi connectivity index (χ1n) is 13.8. The van der Waals surface area contributed by atoms with Crippen LogP contribution in [0.4, 0.5) is 4.79 Å². The number of aliphatic hydroxyl groups is 2. The summed E-state index contributed by atoms with van der Waals surface area (Å²) in [5, 5.41) is 27.4. The van der Waals surface area contributed by atoms with Crippen molar-refractivity contribution in [2.45, 2.75) is 95.2 Å². The van der Waals surface area contributed by atoms with E-state index in [1.807, 2.05) is 19.1 Å². The van der Waals surface area contributed by atoms with E-state index >= 15 is 0 Å². The number of hydrogen-bond donors (Lipinski definition) is 4. The Kier molecular flexibility index (Phi) is 5.50. The van der Waals surface area contributed by atoms with Crippen molar-refractivity contribution in [3.63, 3.8) is 0 Å². The highest BCUT2D eigenvalue weighted by Gasteiger charge is 2.74. The fourth-order valence-corrected chi connectivity index (χ4v) is 8.28. The molecule has 4 aliphatic rings. The third-order valence-electron chi connectivity index (χ3n) is 10.3. The van der Waals surface area contributed by atoms with Crippen LogP contribution in [0, 0.1) is 11.3 Å². The van der Waals surface area contributed by atoms with Crippen LogP contribution in [0.1, 0.15) is 65.1 Å². The number of hydrogen-bond acceptors (Lipinski definition) is 6. The highest BCUT2D eigenvalue weighted by molar-refractivity contribution is 5.96. The van der Waals surface area contributed by atoms with Gasteiger partial charge in [-0.1, -0.05) is 32.0 Å². The lowest BCUT2D eigenvalue weighted by atomic mass is 9.41. The van der Waals surface area contributed by atoms with E-state index in [0.717, 1.165) is 17.6 Å². The molecular formula is C30H38N2O6. The lowest BCUT2D eigenvalue weighted by molar-refractivity contribution is -0.233. The first-order chi connectivity index (χ1) is 17.9. The second-order valence-corrected chi connectivity index (χ2v) is 12.6. The molecule has 8 heteroatoms. The zero-order valence-electron chi connectivity index (χ0n) is 22.8. The molecule has 4 N–H and O–H groups in total. The Balaban J connectivity index is 1.53. The van der Waals surface area contributed by atoms with Gasteiger partial charge in [-0.05, 0) is 75.7 Å². The summed E-state index contributed by atoms with van der Waals surface area (Å²) in [4.78, 5) is 29.7. The highest BCUT2D eigenvalue weighted by Crippen LogP contribution is 2.69. The predicted octanol–water partition coefficient (Wildman–Crippen LogP) is 3.68. The third kappa shape index (κ3) is 3.14. The van der Waals surface area contributed by atoms with Crippen LogP contribution in [0.5, 0.6) is 0 Å². The van der Waals surface area contributed by atoms with Crippen molar-refractivity contribution in [3.8, 4) is 0 Å². The second-order valence-electron chi connectivity index (χ2n) is 12.6. The minimum atomic E-state index is -1.65. The van der Waals surface area contributed by atoms with Crippen molar-refractivity contribution >= 4 is 22.8 Å². The van der Waals surface area contributed by atoms with E-state index in [1.54, 1.807) is 13.8 Å². The number of ether oxygens (including phenoxy) is 2. The Morgan fingerprint density at radius 1 is 1.29 bits per heavy atom. The summed E-state index contributed by atoms with van der Waals surface area (Å²) in [5.41, 5.74) is -0.364. The van der Waals surface area contributed by atoms with E-state index < -0.39 is 46.4 Å². The zero-order chi connectivity index (χ0) is 27.3. The number of nitrogens with one attached hydrogen (secondary N) is 2. The van der Waals surface area contributed by atoms with Gasteiger partial charge in [0.25, 0.3) is 0 Å². The number of carbonyl (C=O) groups is 2. The molecule has 1 amide bonds. The monoisotopic (exact) mass is 522 g/mol. The number of ketones is 1.